The molecule has 0 bridgehead atoms. The van der Waals surface area contributed by atoms with Crippen LogP contribution in [0.4, 0.5) is 0 Å². The third-order valence-electron chi connectivity index (χ3n) is 0.149. The van der Waals surface area contributed by atoms with Gasteiger partial charge in [0.05, 0.1) is 4.92 Å². The summed E-state index contributed by atoms with van der Waals surface area (Å²) in [5.41, 5.74) is 0. The summed E-state index contributed by atoms with van der Waals surface area (Å²) < 4.78 is 0. The van der Waals surface area contributed by atoms with E-state index in [9.17, 15) is 0 Å². The summed E-state index contributed by atoms with van der Waals surface area (Å²) in [5.74, 6) is 0. The smallest absolute Gasteiger partial charge is 1.00 e. The molecule has 0 aromatic heterocycles. The van der Waals surface area contributed by atoms with Crippen molar-refractivity contribution in [3.8, 4) is 0 Å². The Morgan fingerprint density at radius 2 is 2.17 bits per heavy atom. The molecule has 3 nitrogen and oxygen atoms in total. The predicted molar refractivity (Wildman–Crippen MR) is 18.3 cm³/mol. The van der Waals surface area contributed by atoms with Gasteiger partial charge in [0.2, 0.25) is 6.20 Å². The molecule has 0 saturated carbocycles. The summed E-state index contributed by atoms with van der Waals surface area (Å²) in [6.45, 7) is 2.86. The Bertz CT molecular complexity index is 66.7. The Balaban J connectivity index is -0.0000000800. The van der Waals surface area contributed by atoms with E-state index in [1.54, 1.807) is 0 Å². The molecule has 0 radical (unpaired) electrons. The Morgan fingerprint density at radius 1 is 2.00 bits per heavy atom. The summed E-state index contributed by atoms with van der Waals surface area (Å²) in [6.07, 6.45) is 0.639. The van der Waals surface area contributed by atoms with E-state index in [0.29, 0.717) is 6.20 Å². The molecule has 0 amide bonds. The van der Waals surface area contributed by atoms with Crippen molar-refractivity contribution >= 4 is 0 Å². The third kappa shape index (κ3) is 8.84. The molecule has 6 heavy (non-hydrogen) atoms. The molecular weight excluding hydrogens is 109 g/mol. The zero-order chi connectivity index (χ0) is 4.28. The van der Waals surface area contributed by atoms with Crippen LogP contribution < -0.4 is 51.4 Å². The third-order valence-corrected chi connectivity index (χ3v) is 0.149. The molecule has 0 N–H and O–H groups in total. The predicted octanol–water partition coefficient (Wildman–Crippen LogP) is -2.48. The van der Waals surface area contributed by atoms with Crippen LogP contribution in [0.25, 0.3) is 0 Å². The van der Waals surface area contributed by atoms with Gasteiger partial charge >= 0.3 is 51.4 Å². The molecule has 30 valence electrons. The first-order valence-corrected chi connectivity index (χ1v) is 1.03. The van der Waals surface area contributed by atoms with Crippen molar-refractivity contribution in [3.05, 3.63) is 22.9 Å². The number of nitro groups is 1. The fraction of sp³-hybridized carbons (Fsp3) is 0. The van der Waals surface area contributed by atoms with E-state index in [1.165, 1.54) is 0 Å². The average Bonchev–Trinajstić information content (AvgIpc) is 1.38. The van der Waals surface area contributed by atoms with Crippen molar-refractivity contribution in [2.45, 2.75) is 0 Å². The zero-order valence-corrected chi connectivity index (χ0v) is 6.67. The van der Waals surface area contributed by atoms with Crippen LogP contribution in [0.5, 0.6) is 0 Å². The van der Waals surface area contributed by atoms with Gasteiger partial charge in [-0.25, -0.2) is 0 Å². The fourth-order valence-corrected chi connectivity index (χ4v) is 0. The van der Waals surface area contributed by atoms with E-state index in [2.05, 4.69) is 6.58 Å². The van der Waals surface area contributed by atoms with Gasteiger partial charge in [-0.1, -0.05) is 0 Å². The van der Waals surface area contributed by atoms with Gasteiger partial charge in [0.1, 0.15) is 0 Å². The zero-order valence-electron chi connectivity index (χ0n) is 4.55. The maximum Gasteiger partial charge on any atom is 1.00 e. The number of hydrogen-bond donors (Lipinski definition) is 0. The molecule has 0 rings (SSSR count). The van der Waals surface area contributed by atoms with Crippen molar-refractivity contribution in [1.82, 2.24) is 0 Å². The number of rotatable bonds is 1. The maximum absolute atomic E-state index is 9.06. The van der Waals surface area contributed by atoms with E-state index >= 15 is 0 Å². The van der Waals surface area contributed by atoms with Crippen LogP contribution in [0.1, 0.15) is 1.43 Å². The Hall–Kier alpha value is 0.776. The van der Waals surface area contributed by atoms with E-state index in [0.717, 1.165) is 0 Å². The maximum atomic E-state index is 9.06. The van der Waals surface area contributed by atoms with Gasteiger partial charge in [-0.3, -0.25) is 10.1 Å². The Morgan fingerprint density at radius 3 is 2.17 bits per heavy atom. The van der Waals surface area contributed by atoms with Gasteiger partial charge in [-0.05, 0) is 6.58 Å². The number of nitrogens with zero attached hydrogens (tertiary/aromatic N) is 1. The van der Waals surface area contributed by atoms with Crippen LogP contribution in [-0.4, -0.2) is 4.92 Å². The molecule has 0 aromatic carbocycles. The quantitative estimate of drug-likeness (QED) is 0.215. The minimum Gasteiger partial charge on any atom is -1.00 e. The fourth-order valence-electron chi connectivity index (χ4n) is 0. The van der Waals surface area contributed by atoms with Gasteiger partial charge in [-0.2, -0.15) is 0 Å². The standard InChI is InChI=1S/C2H3NO2.K.H/c1-2-3(4)5;;/h2H,1H2;;/q;+1;-1. The first kappa shape index (κ1) is 9.91. The first-order valence-electron chi connectivity index (χ1n) is 1.03. The Labute approximate surface area is 79.5 Å². The minimum absolute atomic E-state index is 0. The van der Waals surface area contributed by atoms with E-state index in [-0.39, 0.29) is 52.8 Å². The second-order valence-corrected chi connectivity index (χ2v) is 0.468. The molecule has 0 heterocycles. The van der Waals surface area contributed by atoms with Crippen molar-refractivity contribution in [2.24, 2.45) is 0 Å². The molecule has 0 fully saturated rings. The van der Waals surface area contributed by atoms with Crippen molar-refractivity contribution in [3.63, 3.8) is 0 Å². The largest absolute Gasteiger partial charge is 1.00 e. The van der Waals surface area contributed by atoms with Crippen LogP contribution in [0, 0.1) is 10.1 Å². The molecular formula is C2H4KNO2. The molecule has 0 aliphatic rings. The van der Waals surface area contributed by atoms with Crippen molar-refractivity contribution < 1.29 is 57.7 Å². The van der Waals surface area contributed by atoms with Crippen LogP contribution in [0.2, 0.25) is 0 Å². The molecule has 0 aliphatic heterocycles. The molecule has 4 heteroatoms. The van der Waals surface area contributed by atoms with E-state index < -0.39 is 4.92 Å². The summed E-state index contributed by atoms with van der Waals surface area (Å²) in [7, 11) is 0. The first-order chi connectivity index (χ1) is 2.27. The van der Waals surface area contributed by atoms with Crippen molar-refractivity contribution in [2.75, 3.05) is 0 Å². The Kier molecular flexibility index (Phi) is 9.54. The summed E-state index contributed by atoms with van der Waals surface area (Å²) in [5, 5.41) is 9.06. The van der Waals surface area contributed by atoms with Crippen LogP contribution in [-0.2, 0) is 0 Å². The molecule has 0 atom stereocenters. The van der Waals surface area contributed by atoms with Crippen LogP contribution >= 0.6 is 0 Å². The van der Waals surface area contributed by atoms with Gasteiger partial charge < -0.3 is 1.43 Å². The summed E-state index contributed by atoms with van der Waals surface area (Å²) in [4.78, 5) is 8.44. The monoisotopic (exact) mass is 113 g/mol. The molecule has 0 unspecified atom stereocenters. The van der Waals surface area contributed by atoms with Gasteiger partial charge in [0.15, 0.2) is 0 Å². The second-order valence-electron chi connectivity index (χ2n) is 0.468. The second kappa shape index (κ2) is 5.78. The average molecular weight is 113 g/mol. The molecule has 0 aliphatic carbocycles. The summed E-state index contributed by atoms with van der Waals surface area (Å²) >= 11 is 0. The van der Waals surface area contributed by atoms with E-state index in [4.69, 9.17) is 10.1 Å². The van der Waals surface area contributed by atoms with Crippen LogP contribution in [0.15, 0.2) is 12.8 Å². The normalized spacial score (nSPS) is 5.33. The van der Waals surface area contributed by atoms with Gasteiger partial charge in [-0.15, -0.1) is 0 Å². The topological polar surface area (TPSA) is 43.1 Å². The summed E-state index contributed by atoms with van der Waals surface area (Å²) in [6, 6.07) is 0. The van der Waals surface area contributed by atoms with E-state index in [1.807, 2.05) is 0 Å². The molecule has 0 spiro atoms. The molecule has 0 saturated heterocycles. The SMILES string of the molecule is C=C[N+](=O)[O-].[H-].[K+]. The molecule has 0 aromatic rings. The minimum atomic E-state index is -0.611. The number of hydrogen-bond acceptors (Lipinski definition) is 2. The van der Waals surface area contributed by atoms with Gasteiger partial charge in [0, 0.05) is 0 Å². The van der Waals surface area contributed by atoms with Crippen LogP contribution in [0.3, 0.4) is 0 Å². The van der Waals surface area contributed by atoms with Gasteiger partial charge in [0.25, 0.3) is 0 Å². The van der Waals surface area contributed by atoms with Crippen molar-refractivity contribution in [1.29, 1.82) is 0 Å².